The molecule has 0 aliphatic carbocycles. The molecule has 4 nitrogen and oxygen atoms in total. The molecule has 18 heavy (non-hydrogen) atoms. The zero-order chi connectivity index (χ0) is 13.3. The van der Waals surface area contributed by atoms with E-state index < -0.39 is 10.0 Å². The quantitative estimate of drug-likeness (QED) is 0.910. The zero-order valence-electron chi connectivity index (χ0n) is 9.64. The molecule has 1 aromatic rings. The van der Waals surface area contributed by atoms with E-state index in [2.05, 4.69) is 0 Å². The Morgan fingerprint density at radius 2 is 2.06 bits per heavy atom. The summed E-state index contributed by atoms with van der Waals surface area (Å²) in [7, 11) is -3.58. The molecule has 1 aromatic carbocycles. The van der Waals surface area contributed by atoms with Crippen molar-refractivity contribution in [2.24, 2.45) is 5.73 Å². The molecule has 100 valence electrons. The number of sulfonamides is 1. The Morgan fingerprint density at radius 3 is 2.67 bits per heavy atom. The molecule has 1 atom stereocenters. The van der Waals surface area contributed by atoms with E-state index in [0.717, 1.165) is 12.8 Å². The first kappa shape index (κ1) is 14.1. The number of hydrogen-bond donors (Lipinski definition) is 1. The smallest absolute Gasteiger partial charge is 0.244 e. The first-order chi connectivity index (χ1) is 8.41. The molecule has 1 unspecified atom stereocenters. The van der Waals surface area contributed by atoms with Crippen LogP contribution in [-0.2, 0) is 10.0 Å². The number of rotatable bonds is 2. The second kappa shape index (κ2) is 5.35. The van der Waals surface area contributed by atoms with Gasteiger partial charge < -0.3 is 5.73 Å². The SMILES string of the molecule is NC1CCCN(S(=O)(=O)c2ccc(Cl)cc2Cl)C1. The Balaban J connectivity index is 2.35. The topological polar surface area (TPSA) is 63.4 Å². The molecule has 7 heteroatoms. The minimum Gasteiger partial charge on any atom is -0.327 e. The second-order valence-electron chi connectivity index (χ2n) is 4.34. The molecule has 1 aliphatic rings. The lowest BCUT2D eigenvalue weighted by Gasteiger charge is -2.30. The van der Waals surface area contributed by atoms with Crippen molar-refractivity contribution in [2.75, 3.05) is 13.1 Å². The van der Waals surface area contributed by atoms with Gasteiger partial charge >= 0.3 is 0 Å². The van der Waals surface area contributed by atoms with Gasteiger partial charge in [0, 0.05) is 24.2 Å². The molecule has 0 radical (unpaired) electrons. The predicted octanol–water partition coefficient (Wildman–Crippen LogP) is 2.11. The Labute approximate surface area is 117 Å². The van der Waals surface area contributed by atoms with E-state index in [1.54, 1.807) is 0 Å². The van der Waals surface area contributed by atoms with Crippen LogP contribution in [0.4, 0.5) is 0 Å². The van der Waals surface area contributed by atoms with Crippen LogP contribution in [0.1, 0.15) is 12.8 Å². The lowest BCUT2D eigenvalue weighted by atomic mass is 10.1. The van der Waals surface area contributed by atoms with E-state index in [1.807, 2.05) is 0 Å². The third-order valence-corrected chi connectivity index (χ3v) is 5.52. The summed E-state index contributed by atoms with van der Waals surface area (Å²) in [5.41, 5.74) is 5.80. The van der Waals surface area contributed by atoms with Gasteiger partial charge in [-0.15, -0.1) is 0 Å². The number of nitrogens with zero attached hydrogens (tertiary/aromatic N) is 1. The second-order valence-corrected chi connectivity index (χ2v) is 7.09. The third kappa shape index (κ3) is 2.81. The molecule has 2 N–H and O–H groups in total. The number of hydrogen-bond acceptors (Lipinski definition) is 3. The molecule has 2 rings (SSSR count). The summed E-state index contributed by atoms with van der Waals surface area (Å²) in [6, 6.07) is 4.27. The Kier molecular flexibility index (Phi) is 4.18. The van der Waals surface area contributed by atoms with Gasteiger partial charge in [-0.05, 0) is 31.0 Å². The van der Waals surface area contributed by atoms with Gasteiger partial charge in [0.2, 0.25) is 10.0 Å². The fraction of sp³-hybridized carbons (Fsp3) is 0.455. The van der Waals surface area contributed by atoms with Crippen molar-refractivity contribution in [3.63, 3.8) is 0 Å². The van der Waals surface area contributed by atoms with Gasteiger partial charge in [0.05, 0.1) is 5.02 Å². The molecule has 1 saturated heterocycles. The number of benzene rings is 1. The first-order valence-electron chi connectivity index (χ1n) is 5.62. The molecule has 0 amide bonds. The molecule has 0 bridgehead atoms. The lowest BCUT2D eigenvalue weighted by Crippen LogP contribution is -2.45. The van der Waals surface area contributed by atoms with Crippen LogP contribution in [0.25, 0.3) is 0 Å². The first-order valence-corrected chi connectivity index (χ1v) is 7.81. The average molecular weight is 309 g/mol. The van der Waals surface area contributed by atoms with Crippen LogP contribution in [0.15, 0.2) is 23.1 Å². The average Bonchev–Trinajstić information content (AvgIpc) is 2.28. The monoisotopic (exact) mass is 308 g/mol. The van der Waals surface area contributed by atoms with Gasteiger partial charge in [0.15, 0.2) is 0 Å². The van der Waals surface area contributed by atoms with Gasteiger partial charge in [-0.1, -0.05) is 23.2 Å². The zero-order valence-corrected chi connectivity index (χ0v) is 12.0. The molecule has 0 saturated carbocycles. The van der Waals surface area contributed by atoms with Crippen LogP contribution in [0, 0.1) is 0 Å². The molecular weight excluding hydrogens is 295 g/mol. The summed E-state index contributed by atoms with van der Waals surface area (Å²) < 4.78 is 26.2. The van der Waals surface area contributed by atoms with E-state index in [1.165, 1.54) is 22.5 Å². The maximum absolute atomic E-state index is 12.4. The van der Waals surface area contributed by atoms with Crippen LogP contribution in [0.2, 0.25) is 10.0 Å². The fourth-order valence-corrected chi connectivity index (χ4v) is 4.30. The van der Waals surface area contributed by atoms with E-state index in [-0.39, 0.29) is 16.0 Å². The maximum Gasteiger partial charge on any atom is 0.244 e. The standard InChI is InChI=1S/C11H14Cl2N2O2S/c12-8-3-4-11(10(13)6-8)18(16,17)15-5-1-2-9(14)7-15/h3-4,6,9H,1-2,5,7,14H2. The highest BCUT2D eigenvalue weighted by Gasteiger charge is 2.30. The van der Waals surface area contributed by atoms with Crippen LogP contribution in [0.5, 0.6) is 0 Å². The van der Waals surface area contributed by atoms with Crippen LogP contribution >= 0.6 is 23.2 Å². The summed E-state index contributed by atoms with van der Waals surface area (Å²) in [5, 5.41) is 0.552. The maximum atomic E-state index is 12.4. The minimum atomic E-state index is -3.58. The van der Waals surface area contributed by atoms with E-state index >= 15 is 0 Å². The van der Waals surface area contributed by atoms with Crippen molar-refractivity contribution in [3.05, 3.63) is 28.2 Å². The molecule has 1 heterocycles. The van der Waals surface area contributed by atoms with Gasteiger partial charge in [0.25, 0.3) is 0 Å². The van der Waals surface area contributed by atoms with Crippen molar-refractivity contribution >= 4 is 33.2 Å². The Hall–Kier alpha value is -0.330. The van der Waals surface area contributed by atoms with E-state index in [9.17, 15) is 8.42 Å². The fourth-order valence-electron chi connectivity index (χ4n) is 2.02. The Bertz CT molecular complexity index is 548. The number of nitrogens with two attached hydrogens (primary N) is 1. The van der Waals surface area contributed by atoms with Gasteiger partial charge in [-0.2, -0.15) is 4.31 Å². The Morgan fingerprint density at radius 1 is 1.33 bits per heavy atom. The van der Waals surface area contributed by atoms with Gasteiger partial charge in [-0.3, -0.25) is 0 Å². The van der Waals surface area contributed by atoms with Crippen molar-refractivity contribution < 1.29 is 8.42 Å². The summed E-state index contributed by atoms with van der Waals surface area (Å²) in [6.07, 6.45) is 1.62. The number of halogens is 2. The highest BCUT2D eigenvalue weighted by molar-refractivity contribution is 7.89. The highest BCUT2D eigenvalue weighted by atomic mass is 35.5. The van der Waals surface area contributed by atoms with Crippen molar-refractivity contribution in [2.45, 2.75) is 23.8 Å². The molecule has 1 aliphatic heterocycles. The normalized spacial score (nSPS) is 22.1. The minimum absolute atomic E-state index is 0.0858. The lowest BCUT2D eigenvalue weighted by molar-refractivity contribution is 0.316. The van der Waals surface area contributed by atoms with Crippen molar-refractivity contribution in [3.8, 4) is 0 Å². The largest absolute Gasteiger partial charge is 0.327 e. The van der Waals surface area contributed by atoms with Gasteiger partial charge in [-0.25, -0.2) is 8.42 Å². The van der Waals surface area contributed by atoms with Crippen molar-refractivity contribution in [1.29, 1.82) is 0 Å². The van der Waals surface area contributed by atoms with Crippen molar-refractivity contribution in [1.82, 2.24) is 4.31 Å². The van der Waals surface area contributed by atoms with Crippen LogP contribution in [-0.4, -0.2) is 31.9 Å². The summed E-state index contributed by atoms with van der Waals surface area (Å²) >= 11 is 11.7. The van der Waals surface area contributed by atoms with E-state index in [4.69, 9.17) is 28.9 Å². The highest BCUT2D eigenvalue weighted by Crippen LogP contribution is 2.28. The molecule has 1 fully saturated rings. The van der Waals surface area contributed by atoms with E-state index in [0.29, 0.717) is 18.1 Å². The predicted molar refractivity (Wildman–Crippen MR) is 72.4 cm³/mol. The summed E-state index contributed by atoms with van der Waals surface area (Å²) in [5.74, 6) is 0. The van der Waals surface area contributed by atoms with Gasteiger partial charge in [0.1, 0.15) is 4.90 Å². The summed E-state index contributed by atoms with van der Waals surface area (Å²) in [4.78, 5) is 0.0858. The molecule has 0 spiro atoms. The molecule has 0 aromatic heterocycles. The van der Waals surface area contributed by atoms with Crippen LogP contribution < -0.4 is 5.73 Å². The summed E-state index contributed by atoms with van der Waals surface area (Å²) in [6.45, 7) is 0.816. The molecular formula is C11H14Cl2N2O2S. The third-order valence-electron chi connectivity index (χ3n) is 2.93. The van der Waals surface area contributed by atoms with Crippen LogP contribution in [0.3, 0.4) is 0 Å². The number of piperidine rings is 1.